The van der Waals surface area contributed by atoms with Crippen LogP contribution in [0.15, 0.2) is 6.07 Å². The molecule has 0 spiro atoms. The highest BCUT2D eigenvalue weighted by Gasteiger charge is 2.25. The van der Waals surface area contributed by atoms with E-state index in [1.165, 1.54) is 11.3 Å². The zero-order valence-corrected chi connectivity index (χ0v) is 12.0. The van der Waals surface area contributed by atoms with Crippen molar-refractivity contribution < 1.29 is 4.74 Å². The number of amidine groups is 1. The summed E-state index contributed by atoms with van der Waals surface area (Å²) >= 11 is 0. The second kappa shape index (κ2) is 5.40. The van der Waals surface area contributed by atoms with Gasteiger partial charge in [0.05, 0.1) is 5.56 Å². The first kappa shape index (κ1) is 13.4. The minimum atomic E-state index is 0.112. The predicted octanol–water partition coefficient (Wildman–Crippen LogP) is 1.47. The Bertz CT molecular complexity index is 523. The molecule has 1 fully saturated rings. The molecule has 108 valence electrons. The van der Waals surface area contributed by atoms with Gasteiger partial charge in [0.2, 0.25) is 0 Å². The standard InChI is InChI=1S/C15H22N4O/c1-19(11-5-7-20-8-6-11)15-12(14(16)17)9-10-3-2-4-13(10)18-15/h9,11H,2-8H2,1H3,(H3,16,17). The molecule has 1 aromatic rings. The number of nitrogens with one attached hydrogen (secondary N) is 1. The quantitative estimate of drug-likeness (QED) is 0.646. The average Bonchev–Trinajstić information content (AvgIpc) is 2.93. The number of ether oxygens (including phenoxy) is 1. The second-order valence-corrected chi connectivity index (χ2v) is 5.69. The number of rotatable bonds is 3. The lowest BCUT2D eigenvalue weighted by Gasteiger charge is -2.33. The van der Waals surface area contributed by atoms with Gasteiger partial charge in [-0.3, -0.25) is 5.41 Å². The lowest BCUT2D eigenvalue weighted by molar-refractivity contribution is 0.0853. The molecule has 0 radical (unpaired) electrons. The Kier molecular flexibility index (Phi) is 3.61. The first-order valence-electron chi connectivity index (χ1n) is 7.34. The maximum absolute atomic E-state index is 7.83. The van der Waals surface area contributed by atoms with Crippen LogP contribution in [0.1, 0.15) is 36.1 Å². The molecule has 0 saturated carbocycles. The fourth-order valence-corrected chi connectivity index (χ4v) is 3.17. The summed E-state index contributed by atoms with van der Waals surface area (Å²) in [6, 6.07) is 2.50. The third-order valence-electron chi connectivity index (χ3n) is 4.39. The summed E-state index contributed by atoms with van der Waals surface area (Å²) in [4.78, 5) is 7.01. The molecule has 0 atom stereocenters. The van der Waals surface area contributed by atoms with Crippen molar-refractivity contribution in [3.63, 3.8) is 0 Å². The number of aromatic nitrogens is 1. The van der Waals surface area contributed by atoms with Crippen LogP contribution >= 0.6 is 0 Å². The average molecular weight is 274 g/mol. The molecule has 1 aliphatic heterocycles. The summed E-state index contributed by atoms with van der Waals surface area (Å²) in [5, 5.41) is 7.83. The Morgan fingerprint density at radius 2 is 2.15 bits per heavy atom. The van der Waals surface area contributed by atoms with Gasteiger partial charge < -0.3 is 15.4 Å². The Labute approximate surface area is 119 Å². The number of aryl methyl sites for hydroxylation is 2. The molecule has 1 aromatic heterocycles. The van der Waals surface area contributed by atoms with Crippen molar-refractivity contribution in [3.05, 3.63) is 22.9 Å². The van der Waals surface area contributed by atoms with Crippen LogP contribution in [-0.4, -0.2) is 37.1 Å². The van der Waals surface area contributed by atoms with Gasteiger partial charge in [-0.05, 0) is 43.7 Å². The van der Waals surface area contributed by atoms with Crippen molar-refractivity contribution in [2.45, 2.75) is 38.1 Å². The SMILES string of the molecule is CN(c1nc2c(cc1C(=N)N)CCC2)C1CCOCC1. The van der Waals surface area contributed by atoms with E-state index in [2.05, 4.69) is 18.0 Å². The van der Waals surface area contributed by atoms with Gasteiger partial charge in [-0.1, -0.05) is 0 Å². The van der Waals surface area contributed by atoms with Crippen LogP contribution in [0.5, 0.6) is 0 Å². The molecule has 0 amide bonds. The van der Waals surface area contributed by atoms with E-state index in [9.17, 15) is 0 Å². The monoisotopic (exact) mass is 274 g/mol. The van der Waals surface area contributed by atoms with Crippen molar-refractivity contribution in [1.29, 1.82) is 5.41 Å². The summed E-state index contributed by atoms with van der Waals surface area (Å²) in [5.74, 6) is 0.978. The molecule has 1 saturated heterocycles. The lowest BCUT2D eigenvalue weighted by atomic mass is 10.1. The molecule has 1 aliphatic carbocycles. The van der Waals surface area contributed by atoms with E-state index in [1.807, 2.05) is 0 Å². The first-order valence-corrected chi connectivity index (χ1v) is 7.34. The minimum absolute atomic E-state index is 0.112. The summed E-state index contributed by atoms with van der Waals surface area (Å²) in [5.41, 5.74) is 8.99. The third kappa shape index (κ3) is 2.38. The molecular formula is C15H22N4O. The summed E-state index contributed by atoms with van der Waals surface area (Å²) in [7, 11) is 2.06. The van der Waals surface area contributed by atoms with E-state index in [-0.39, 0.29) is 5.84 Å². The fraction of sp³-hybridized carbons (Fsp3) is 0.600. The van der Waals surface area contributed by atoms with Gasteiger partial charge in [-0.2, -0.15) is 0 Å². The molecule has 0 unspecified atom stereocenters. The van der Waals surface area contributed by atoms with Crippen molar-refractivity contribution in [3.8, 4) is 0 Å². The van der Waals surface area contributed by atoms with Gasteiger partial charge in [0, 0.05) is 32.0 Å². The van der Waals surface area contributed by atoms with E-state index in [0.717, 1.165) is 56.7 Å². The number of nitrogens with zero attached hydrogens (tertiary/aromatic N) is 2. The highest BCUT2D eigenvalue weighted by Crippen LogP contribution is 2.29. The molecule has 2 aliphatic rings. The van der Waals surface area contributed by atoms with Gasteiger partial charge in [0.1, 0.15) is 11.7 Å². The molecular weight excluding hydrogens is 252 g/mol. The molecule has 0 aromatic carbocycles. The van der Waals surface area contributed by atoms with Crippen LogP contribution in [0.3, 0.4) is 0 Å². The smallest absolute Gasteiger partial charge is 0.139 e. The molecule has 3 rings (SSSR count). The lowest BCUT2D eigenvalue weighted by Crippen LogP contribution is -2.38. The van der Waals surface area contributed by atoms with Crippen LogP contribution in [0.2, 0.25) is 0 Å². The van der Waals surface area contributed by atoms with Crippen molar-refractivity contribution in [1.82, 2.24) is 4.98 Å². The fourth-order valence-electron chi connectivity index (χ4n) is 3.17. The maximum atomic E-state index is 7.83. The molecule has 3 N–H and O–H groups in total. The van der Waals surface area contributed by atoms with E-state index >= 15 is 0 Å². The van der Waals surface area contributed by atoms with E-state index in [1.54, 1.807) is 0 Å². The highest BCUT2D eigenvalue weighted by atomic mass is 16.5. The van der Waals surface area contributed by atoms with Crippen molar-refractivity contribution in [2.24, 2.45) is 5.73 Å². The number of nitrogens with two attached hydrogens (primary N) is 1. The highest BCUT2D eigenvalue weighted by molar-refractivity contribution is 6.00. The van der Waals surface area contributed by atoms with Gasteiger partial charge in [-0.25, -0.2) is 4.98 Å². The van der Waals surface area contributed by atoms with Crippen molar-refractivity contribution in [2.75, 3.05) is 25.2 Å². The van der Waals surface area contributed by atoms with Crippen LogP contribution in [-0.2, 0) is 17.6 Å². The number of pyridine rings is 1. The Morgan fingerprint density at radius 1 is 1.40 bits per heavy atom. The zero-order chi connectivity index (χ0) is 14.1. The Hall–Kier alpha value is -1.62. The van der Waals surface area contributed by atoms with Crippen LogP contribution in [0.25, 0.3) is 0 Å². The predicted molar refractivity (Wildman–Crippen MR) is 79.5 cm³/mol. The number of nitrogen functional groups attached to an aromatic ring is 1. The normalized spacial score (nSPS) is 18.9. The summed E-state index contributed by atoms with van der Waals surface area (Å²) < 4.78 is 5.42. The largest absolute Gasteiger partial charge is 0.384 e. The number of hydrogen-bond donors (Lipinski definition) is 2. The van der Waals surface area contributed by atoms with Gasteiger partial charge in [-0.15, -0.1) is 0 Å². The summed E-state index contributed by atoms with van der Waals surface area (Å²) in [6.45, 7) is 1.60. The zero-order valence-electron chi connectivity index (χ0n) is 12.0. The van der Waals surface area contributed by atoms with Crippen LogP contribution < -0.4 is 10.6 Å². The minimum Gasteiger partial charge on any atom is -0.384 e. The molecule has 5 nitrogen and oxygen atoms in total. The molecule has 20 heavy (non-hydrogen) atoms. The van der Waals surface area contributed by atoms with Crippen LogP contribution in [0.4, 0.5) is 5.82 Å². The summed E-state index contributed by atoms with van der Waals surface area (Å²) in [6.07, 6.45) is 5.27. The third-order valence-corrected chi connectivity index (χ3v) is 4.39. The van der Waals surface area contributed by atoms with E-state index in [4.69, 9.17) is 20.9 Å². The number of anilines is 1. The topological polar surface area (TPSA) is 75.2 Å². The second-order valence-electron chi connectivity index (χ2n) is 5.69. The molecule has 0 bridgehead atoms. The van der Waals surface area contributed by atoms with E-state index < -0.39 is 0 Å². The first-order chi connectivity index (χ1) is 9.66. The maximum Gasteiger partial charge on any atom is 0.139 e. The van der Waals surface area contributed by atoms with Gasteiger partial charge in [0.15, 0.2) is 0 Å². The molecule has 5 heteroatoms. The van der Waals surface area contributed by atoms with Gasteiger partial charge in [0.25, 0.3) is 0 Å². The van der Waals surface area contributed by atoms with Crippen LogP contribution in [0, 0.1) is 5.41 Å². The van der Waals surface area contributed by atoms with Gasteiger partial charge >= 0.3 is 0 Å². The Balaban J connectivity index is 1.96. The molecule has 2 heterocycles. The number of hydrogen-bond acceptors (Lipinski definition) is 4. The van der Waals surface area contributed by atoms with Crippen molar-refractivity contribution >= 4 is 11.7 Å². The number of fused-ring (bicyclic) bond motifs is 1. The Morgan fingerprint density at radius 3 is 2.85 bits per heavy atom. The van der Waals surface area contributed by atoms with E-state index in [0.29, 0.717) is 6.04 Å².